The van der Waals surface area contributed by atoms with Gasteiger partial charge in [0.05, 0.1) is 32.8 Å². The normalized spacial score (nSPS) is 15.4. The fourth-order valence-corrected chi connectivity index (χ4v) is 4.89. The average molecular weight is 428 g/mol. The number of H-pyrrole nitrogens is 1. The van der Waals surface area contributed by atoms with Crippen LogP contribution in [0.1, 0.15) is 38.1 Å². The zero-order chi connectivity index (χ0) is 20.1. The summed E-state index contributed by atoms with van der Waals surface area (Å²) in [4.78, 5) is 20.3. The van der Waals surface area contributed by atoms with E-state index in [1.807, 2.05) is 22.8 Å². The number of nitrogens with one attached hydrogen (secondary N) is 1. The first-order valence-electron chi connectivity index (χ1n) is 9.74. The number of rotatable bonds is 2. The van der Waals surface area contributed by atoms with E-state index in [9.17, 15) is 9.90 Å². The Hall–Kier alpha value is -2.50. The lowest BCUT2D eigenvalue weighted by Crippen LogP contribution is -2.24. The third-order valence-corrected chi connectivity index (χ3v) is 6.41. The van der Waals surface area contributed by atoms with Gasteiger partial charge in [-0.25, -0.2) is 4.79 Å². The molecule has 0 unspecified atom stereocenters. The van der Waals surface area contributed by atoms with Crippen molar-refractivity contribution in [1.82, 2.24) is 14.5 Å². The van der Waals surface area contributed by atoms with Crippen molar-refractivity contribution in [2.75, 3.05) is 0 Å². The van der Waals surface area contributed by atoms with Gasteiger partial charge in [-0.05, 0) is 48.2 Å². The van der Waals surface area contributed by atoms with Crippen LogP contribution in [0.2, 0.25) is 10.0 Å². The number of aromatic amines is 1. The Kier molecular flexibility index (Phi) is 4.52. The number of halogens is 2. The first-order valence-corrected chi connectivity index (χ1v) is 10.5. The van der Waals surface area contributed by atoms with E-state index in [1.165, 1.54) is 6.42 Å². The molecular formula is C22H19Cl2N3O2. The van der Waals surface area contributed by atoms with E-state index in [-0.39, 0.29) is 27.5 Å². The van der Waals surface area contributed by atoms with Gasteiger partial charge >= 0.3 is 5.69 Å². The number of fused-ring (bicyclic) bond motifs is 3. The van der Waals surface area contributed by atoms with Crippen molar-refractivity contribution in [1.29, 1.82) is 0 Å². The number of nitrogens with zero attached hydrogens (tertiary/aromatic N) is 2. The Morgan fingerprint density at radius 3 is 2.48 bits per heavy atom. The van der Waals surface area contributed by atoms with Crippen molar-refractivity contribution >= 4 is 45.1 Å². The van der Waals surface area contributed by atoms with Gasteiger partial charge in [0.1, 0.15) is 0 Å². The van der Waals surface area contributed by atoms with Gasteiger partial charge in [0, 0.05) is 11.4 Å². The quantitative estimate of drug-likeness (QED) is 0.408. The van der Waals surface area contributed by atoms with E-state index in [4.69, 9.17) is 23.2 Å². The van der Waals surface area contributed by atoms with Crippen LogP contribution in [0.3, 0.4) is 0 Å². The van der Waals surface area contributed by atoms with Crippen LogP contribution in [-0.2, 0) is 0 Å². The van der Waals surface area contributed by atoms with Crippen LogP contribution >= 0.6 is 23.2 Å². The van der Waals surface area contributed by atoms with Crippen LogP contribution in [0.15, 0.2) is 41.3 Å². The molecule has 1 aliphatic rings. The highest BCUT2D eigenvalue weighted by Gasteiger charge is 2.21. The Bertz CT molecular complexity index is 1280. The van der Waals surface area contributed by atoms with Crippen LogP contribution in [0.5, 0.6) is 5.75 Å². The highest BCUT2D eigenvalue weighted by molar-refractivity contribution is 6.37. The lowest BCUT2D eigenvalue weighted by molar-refractivity contribution is 0.354. The maximum Gasteiger partial charge on any atom is 0.326 e. The molecule has 148 valence electrons. The minimum atomic E-state index is -0.126. The molecule has 5 nitrogen and oxygen atoms in total. The Morgan fingerprint density at radius 2 is 1.76 bits per heavy atom. The van der Waals surface area contributed by atoms with Crippen LogP contribution in [0.4, 0.5) is 0 Å². The smallest absolute Gasteiger partial charge is 0.326 e. The fourth-order valence-electron chi connectivity index (χ4n) is 4.41. The Labute approximate surface area is 176 Å². The van der Waals surface area contributed by atoms with E-state index >= 15 is 0 Å². The molecule has 2 aromatic carbocycles. The molecule has 2 aromatic heterocycles. The largest absolute Gasteiger partial charge is 0.505 e. The predicted octanol–water partition coefficient (Wildman–Crippen LogP) is 6.06. The van der Waals surface area contributed by atoms with Crippen molar-refractivity contribution in [3.8, 4) is 16.9 Å². The highest BCUT2D eigenvalue weighted by atomic mass is 35.5. The summed E-state index contributed by atoms with van der Waals surface area (Å²) in [6, 6.07) is 9.45. The van der Waals surface area contributed by atoms with Crippen LogP contribution < -0.4 is 5.69 Å². The predicted molar refractivity (Wildman–Crippen MR) is 117 cm³/mol. The highest BCUT2D eigenvalue weighted by Crippen LogP contribution is 2.38. The van der Waals surface area contributed by atoms with E-state index in [1.54, 1.807) is 18.3 Å². The summed E-state index contributed by atoms with van der Waals surface area (Å²) >= 11 is 12.2. The van der Waals surface area contributed by atoms with Crippen molar-refractivity contribution in [3.63, 3.8) is 0 Å². The number of aromatic nitrogens is 3. The maximum absolute atomic E-state index is 12.8. The second-order valence-corrected chi connectivity index (χ2v) is 8.45. The number of hydrogen-bond acceptors (Lipinski definition) is 3. The van der Waals surface area contributed by atoms with Gasteiger partial charge in [0.2, 0.25) is 0 Å². The fraction of sp³-hybridized carbons (Fsp3) is 0.273. The minimum absolute atomic E-state index is 0.0812. The number of aromatic hydroxyl groups is 1. The molecule has 0 spiro atoms. The summed E-state index contributed by atoms with van der Waals surface area (Å²) in [5.41, 5.74) is 4.05. The van der Waals surface area contributed by atoms with Gasteiger partial charge in [0.25, 0.3) is 0 Å². The van der Waals surface area contributed by atoms with Gasteiger partial charge in [0.15, 0.2) is 5.75 Å². The molecule has 1 saturated carbocycles. The topological polar surface area (TPSA) is 70.9 Å². The molecule has 1 fully saturated rings. The number of hydrogen-bond donors (Lipinski definition) is 2. The van der Waals surface area contributed by atoms with Crippen LogP contribution in [0, 0.1) is 0 Å². The number of phenols is 1. The molecule has 2 heterocycles. The summed E-state index contributed by atoms with van der Waals surface area (Å²) < 4.78 is 1.92. The van der Waals surface area contributed by atoms with E-state index in [2.05, 4.69) is 9.97 Å². The lowest BCUT2D eigenvalue weighted by Gasteiger charge is -2.23. The van der Waals surface area contributed by atoms with Crippen molar-refractivity contribution in [2.24, 2.45) is 0 Å². The van der Waals surface area contributed by atoms with Crippen molar-refractivity contribution < 1.29 is 5.11 Å². The summed E-state index contributed by atoms with van der Waals surface area (Å²) in [5.74, 6) is -0.126. The molecule has 0 aliphatic heterocycles. The molecule has 0 saturated heterocycles. The molecule has 0 bridgehead atoms. The molecule has 0 radical (unpaired) electrons. The SMILES string of the molecule is O=c1[nH]c2cnc3ccc(-c4cc(Cl)c(O)c(Cl)c4)cc3c2n1C1CCCCC1. The zero-order valence-corrected chi connectivity index (χ0v) is 17.1. The molecule has 0 atom stereocenters. The molecule has 4 aromatic rings. The van der Waals surface area contributed by atoms with Crippen molar-refractivity contribution in [2.45, 2.75) is 38.1 Å². The van der Waals surface area contributed by atoms with Gasteiger partial charge < -0.3 is 10.1 Å². The third kappa shape index (κ3) is 3.09. The minimum Gasteiger partial charge on any atom is -0.505 e. The monoisotopic (exact) mass is 427 g/mol. The lowest BCUT2D eigenvalue weighted by atomic mass is 9.95. The molecule has 2 N–H and O–H groups in total. The van der Waals surface area contributed by atoms with E-state index in [0.29, 0.717) is 0 Å². The van der Waals surface area contributed by atoms with E-state index in [0.717, 1.165) is 58.7 Å². The van der Waals surface area contributed by atoms with Crippen molar-refractivity contribution in [3.05, 3.63) is 57.1 Å². The number of benzene rings is 2. The Morgan fingerprint density at radius 1 is 1.03 bits per heavy atom. The number of pyridine rings is 1. The summed E-state index contributed by atoms with van der Waals surface area (Å²) in [7, 11) is 0. The standard InChI is InChI=1S/C22H19Cl2N3O2/c23-16-9-13(10-17(24)21(16)28)12-6-7-18-15(8-12)20-19(11-25-18)26-22(29)27(20)14-4-2-1-3-5-14/h6-11,14,28H,1-5H2,(H,26,29). The zero-order valence-electron chi connectivity index (χ0n) is 15.6. The van der Waals surface area contributed by atoms with Gasteiger partial charge in [-0.3, -0.25) is 9.55 Å². The van der Waals surface area contributed by atoms with Crippen LogP contribution in [0.25, 0.3) is 33.1 Å². The molecule has 7 heteroatoms. The van der Waals surface area contributed by atoms with Gasteiger partial charge in [-0.1, -0.05) is 48.5 Å². The summed E-state index contributed by atoms with van der Waals surface area (Å²) in [6.45, 7) is 0. The maximum atomic E-state index is 12.8. The number of phenolic OH excluding ortho intramolecular Hbond substituents is 1. The van der Waals surface area contributed by atoms with Gasteiger partial charge in [-0.15, -0.1) is 0 Å². The molecule has 29 heavy (non-hydrogen) atoms. The average Bonchev–Trinajstić information content (AvgIpc) is 3.08. The van der Waals surface area contributed by atoms with Gasteiger partial charge in [-0.2, -0.15) is 0 Å². The summed E-state index contributed by atoms with van der Waals surface area (Å²) in [6.07, 6.45) is 7.26. The summed E-state index contributed by atoms with van der Waals surface area (Å²) in [5, 5.41) is 11.2. The second kappa shape index (κ2) is 7.08. The van der Waals surface area contributed by atoms with E-state index < -0.39 is 0 Å². The molecule has 0 amide bonds. The second-order valence-electron chi connectivity index (χ2n) is 7.63. The molecule has 5 rings (SSSR count). The van der Waals surface area contributed by atoms with Crippen LogP contribution in [-0.4, -0.2) is 19.6 Å². The molecular weight excluding hydrogens is 409 g/mol. The Balaban J connectivity index is 1.76. The third-order valence-electron chi connectivity index (χ3n) is 5.83. The first-order chi connectivity index (χ1) is 14.0. The molecule has 1 aliphatic carbocycles. The first kappa shape index (κ1) is 18.5. The number of imidazole rings is 1.